The van der Waals surface area contributed by atoms with Gasteiger partial charge >= 0.3 is 5.97 Å². The number of morpholine rings is 1. The maximum absolute atomic E-state index is 13.9. The predicted octanol–water partition coefficient (Wildman–Crippen LogP) is 3.31. The highest BCUT2D eigenvalue weighted by atomic mass is 19.1. The van der Waals surface area contributed by atoms with E-state index in [9.17, 15) is 9.18 Å². The summed E-state index contributed by atoms with van der Waals surface area (Å²) in [5, 5.41) is 3.25. The Morgan fingerprint density at radius 1 is 1.30 bits per heavy atom. The van der Waals surface area contributed by atoms with Crippen LogP contribution >= 0.6 is 0 Å². The zero-order chi connectivity index (χ0) is 21.1. The fourth-order valence-corrected chi connectivity index (χ4v) is 3.48. The van der Waals surface area contributed by atoms with Crippen molar-refractivity contribution in [2.24, 2.45) is 0 Å². The third-order valence-electron chi connectivity index (χ3n) is 5.21. The summed E-state index contributed by atoms with van der Waals surface area (Å²) >= 11 is 0. The molecule has 1 aromatic heterocycles. The number of nitrogens with zero attached hydrogens (tertiary/aromatic N) is 3. The number of nitrogens with one attached hydrogen (secondary N) is 1. The molecule has 0 amide bonds. The van der Waals surface area contributed by atoms with Crippen LogP contribution < -0.4 is 10.2 Å². The number of carbonyl (C=O) groups is 1. The molecule has 1 N–H and O–H groups in total. The number of benzene rings is 2. The second-order valence-corrected chi connectivity index (χ2v) is 7.09. The average molecular weight is 410 g/mol. The summed E-state index contributed by atoms with van der Waals surface area (Å²) in [6.07, 6.45) is 1.71. The van der Waals surface area contributed by atoms with Crippen molar-refractivity contribution in [3.8, 4) is 0 Å². The van der Waals surface area contributed by atoms with Crippen LogP contribution in [0, 0.1) is 12.7 Å². The number of ether oxygens (including phenoxy) is 2. The summed E-state index contributed by atoms with van der Waals surface area (Å²) in [4.78, 5) is 23.6. The fraction of sp³-hybridized carbons (Fsp3) is 0.318. The van der Waals surface area contributed by atoms with Gasteiger partial charge in [0.1, 0.15) is 11.6 Å². The topological polar surface area (TPSA) is 76.6 Å². The van der Waals surface area contributed by atoms with Gasteiger partial charge in [0.05, 0.1) is 43.1 Å². The molecule has 2 aromatic carbocycles. The Morgan fingerprint density at radius 2 is 2.10 bits per heavy atom. The van der Waals surface area contributed by atoms with Crippen LogP contribution in [-0.4, -0.2) is 49.4 Å². The van der Waals surface area contributed by atoms with E-state index >= 15 is 0 Å². The monoisotopic (exact) mass is 410 g/mol. The zero-order valence-corrected chi connectivity index (χ0v) is 16.9. The normalized spacial score (nSPS) is 14.0. The van der Waals surface area contributed by atoms with Gasteiger partial charge in [-0.2, -0.15) is 0 Å². The van der Waals surface area contributed by atoms with E-state index in [0.717, 1.165) is 24.5 Å². The van der Waals surface area contributed by atoms with Crippen LogP contribution in [0.2, 0.25) is 0 Å². The van der Waals surface area contributed by atoms with Crippen molar-refractivity contribution in [2.75, 3.05) is 43.6 Å². The lowest BCUT2D eigenvalue weighted by atomic mass is 10.1. The van der Waals surface area contributed by atoms with E-state index in [1.807, 2.05) is 6.07 Å². The van der Waals surface area contributed by atoms with Gasteiger partial charge in [-0.1, -0.05) is 6.07 Å². The van der Waals surface area contributed by atoms with Crippen LogP contribution in [0.3, 0.4) is 0 Å². The molecule has 1 fully saturated rings. The highest BCUT2D eigenvalue weighted by Gasteiger charge is 2.17. The van der Waals surface area contributed by atoms with E-state index in [0.29, 0.717) is 47.6 Å². The lowest BCUT2D eigenvalue weighted by Gasteiger charge is -2.27. The smallest absolute Gasteiger partial charge is 0.337 e. The largest absolute Gasteiger partial charge is 0.465 e. The maximum atomic E-state index is 13.9. The number of fused-ring (bicyclic) bond motifs is 1. The first-order valence-electron chi connectivity index (χ1n) is 9.76. The van der Waals surface area contributed by atoms with Crippen molar-refractivity contribution < 1.29 is 18.7 Å². The first-order valence-corrected chi connectivity index (χ1v) is 9.76. The van der Waals surface area contributed by atoms with E-state index in [1.54, 1.807) is 31.3 Å². The molecule has 2 heterocycles. The first kappa shape index (κ1) is 20.0. The van der Waals surface area contributed by atoms with Gasteiger partial charge in [0.25, 0.3) is 0 Å². The summed E-state index contributed by atoms with van der Waals surface area (Å²) in [5.41, 5.74) is 3.68. The number of rotatable bonds is 5. The third-order valence-corrected chi connectivity index (χ3v) is 5.21. The van der Waals surface area contributed by atoms with E-state index in [4.69, 9.17) is 14.5 Å². The van der Waals surface area contributed by atoms with Crippen LogP contribution in [0.1, 0.15) is 21.5 Å². The molecule has 0 unspecified atom stereocenters. The number of methoxy groups -OCH3 is 1. The number of hydrogen-bond donors (Lipinski definition) is 1. The summed E-state index contributed by atoms with van der Waals surface area (Å²) in [7, 11) is 1.34. The molecule has 0 bridgehead atoms. The lowest BCUT2D eigenvalue weighted by molar-refractivity contribution is 0.0600. The van der Waals surface area contributed by atoms with E-state index in [-0.39, 0.29) is 5.82 Å². The number of esters is 1. The van der Waals surface area contributed by atoms with Crippen molar-refractivity contribution in [1.82, 2.24) is 9.97 Å². The molecule has 0 saturated carbocycles. The molecule has 4 rings (SSSR count). The van der Waals surface area contributed by atoms with Crippen molar-refractivity contribution in [3.05, 3.63) is 59.0 Å². The van der Waals surface area contributed by atoms with Crippen molar-refractivity contribution in [2.45, 2.75) is 13.5 Å². The van der Waals surface area contributed by atoms with Crippen LogP contribution in [0.15, 0.2) is 36.5 Å². The van der Waals surface area contributed by atoms with Crippen LogP contribution in [0.5, 0.6) is 0 Å². The van der Waals surface area contributed by atoms with Crippen LogP contribution in [0.4, 0.5) is 15.9 Å². The average Bonchev–Trinajstić information content (AvgIpc) is 2.79. The van der Waals surface area contributed by atoms with Gasteiger partial charge < -0.3 is 19.7 Å². The highest BCUT2D eigenvalue weighted by molar-refractivity contribution is 5.95. The lowest BCUT2D eigenvalue weighted by Crippen LogP contribution is -2.36. The number of halogens is 1. The molecule has 0 aliphatic carbocycles. The standard InChI is InChI=1S/C22H23FN4O3/c1-14-17(23)4-3-5-18(14)24-12-16-10-15(22(28)29-2)11-19-21(16)26-20(13-25-19)27-6-8-30-9-7-27/h3-5,10-11,13,24H,6-9,12H2,1-2H3. The number of anilines is 2. The molecular formula is C22H23FN4O3. The molecule has 7 nitrogen and oxygen atoms in total. The molecule has 30 heavy (non-hydrogen) atoms. The van der Waals surface area contributed by atoms with Crippen molar-refractivity contribution >= 4 is 28.5 Å². The molecule has 1 saturated heterocycles. The van der Waals surface area contributed by atoms with Gasteiger partial charge in [0.15, 0.2) is 0 Å². The van der Waals surface area contributed by atoms with Gasteiger partial charge in [-0.3, -0.25) is 4.98 Å². The number of aromatic nitrogens is 2. The van der Waals surface area contributed by atoms with Gasteiger partial charge in [0, 0.05) is 30.9 Å². The van der Waals surface area contributed by atoms with Crippen molar-refractivity contribution in [3.63, 3.8) is 0 Å². The Hall–Kier alpha value is -3.26. The molecule has 1 aliphatic rings. The fourth-order valence-electron chi connectivity index (χ4n) is 3.48. The first-order chi connectivity index (χ1) is 14.6. The van der Waals surface area contributed by atoms with Gasteiger partial charge in [0.2, 0.25) is 0 Å². The minimum absolute atomic E-state index is 0.275. The Bertz CT molecular complexity index is 1080. The van der Waals surface area contributed by atoms with Gasteiger partial charge in [-0.15, -0.1) is 0 Å². The Balaban J connectivity index is 1.73. The molecule has 1 aliphatic heterocycles. The summed E-state index contributed by atoms with van der Waals surface area (Å²) < 4.78 is 24.2. The van der Waals surface area contributed by atoms with Gasteiger partial charge in [-0.25, -0.2) is 14.2 Å². The molecule has 0 spiro atoms. The Labute approximate surface area is 173 Å². The second kappa shape index (κ2) is 8.62. The number of hydrogen-bond acceptors (Lipinski definition) is 7. The molecular weight excluding hydrogens is 387 g/mol. The Morgan fingerprint density at radius 3 is 2.87 bits per heavy atom. The minimum Gasteiger partial charge on any atom is -0.465 e. The SMILES string of the molecule is COC(=O)c1cc(CNc2cccc(F)c2C)c2nc(N3CCOCC3)cnc2c1. The second-order valence-electron chi connectivity index (χ2n) is 7.09. The minimum atomic E-state index is -0.445. The van der Waals surface area contributed by atoms with E-state index in [2.05, 4.69) is 15.2 Å². The Kier molecular flexibility index (Phi) is 5.76. The maximum Gasteiger partial charge on any atom is 0.337 e. The zero-order valence-electron chi connectivity index (χ0n) is 16.9. The summed E-state index contributed by atoms with van der Waals surface area (Å²) in [5.74, 6) is 0.0431. The molecule has 3 aromatic rings. The van der Waals surface area contributed by atoms with Crippen molar-refractivity contribution in [1.29, 1.82) is 0 Å². The molecule has 8 heteroatoms. The van der Waals surface area contributed by atoms with E-state index in [1.165, 1.54) is 13.2 Å². The highest BCUT2D eigenvalue weighted by Crippen LogP contribution is 2.24. The summed E-state index contributed by atoms with van der Waals surface area (Å²) in [6.45, 7) is 4.86. The van der Waals surface area contributed by atoms with Crippen LogP contribution in [-0.2, 0) is 16.0 Å². The van der Waals surface area contributed by atoms with Crippen LogP contribution in [0.25, 0.3) is 11.0 Å². The molecule has 0 radical (unpaired) electrons. The molecule has 0 atom stereocenters. The third kappa shape index (κ3) is 4.04. The summed E-state index contributed by atoms with van der Waals surface area (Å²) in [6, 6.07) is 8.31. The quantitative estimate of drug-likeness (QED) is 0.647. The predicted molar refractivity (Wildman–Crippen MR) is 112 cm³/mol. The van der Waals surface area contributed by atoms with Gasteiger partial charge in [-0.05, 0) is 36.8 Å². The molecule has 156 valence electrons. The number of carbonyl (C=O) groups excluding carboxylic acids is 1. The van der Waals surface area contributed by atoms with E-state index < -0.39 is 5.97 Å².